The third-order valence-electron chi connectivity index (χ3n) is 3.64. The molecule has 1 N–H and O–H groups in total. The Kier molecular flexibility index (Phi) is 3.70. The Bertz CT molecular complexity index is 475. The number of carboxylic acids is 1. The molecule has 0 aromatic heterocycles. The van der Waals surface area contributed by atoms with Gasteiger partial charge in [0.1, 0.15) is 0 Å². The van der Waals surface area contributed by atoms with Crippen LogP contribution in [0.3, 0.4) is 0 Å². The normalized spacial score (nSPS) is 15.7. The van der Waals surface area contributed by atoms with Crippen LogP contribution in [0.2, 0.25) is 0 Å². The average molecular weight is 245 g/mol. The van der Waals surface area contributed by atoms with Crippen molar-refractivity contribution in [3.05, 3.63) is 35.4 Å². The molecule has 0 radical (unpaired) electrons. The smallest absolute Gasteiger partial charge is 0.328 e. The lowest BCUT2D eigenvalue weighted by molar-refractivity contribution is -0.131. The van der Waals surface area contributed by atoms with E-state index in [1.54, 1.807) is 6.08 Å². The SMILES string of the molecule is Cc1cc(/C=C/C(=O)O)ccc1N(C)C1CCC1. The number of nitrogens with zero attached hydrogens (tertiary/aromatic N) is 1. The lowest BCUT2D eigenvalue weighted by Crippen LogP contribution is -2.37. The summed E-state index contributed by atoms with van der Waals surface area (Å²) in [7, 11) is 2.14. The van der Waals surface area contributed by atoms with E-state index in [4.69, 9.17) is 5.11 Å². The first-order valence-electron chi connectivity index (χ1n) is 6.32. The predicted octanol–water partition coefficient (Wildman–Crippen LogP) is 3.08. The monoisotopic (exact) mass is 245 g/mol. The van der Waals surface area contributed by atoms with Gasteiger partial charge in [0, 0.05) is 24.9 Å². The molecule has 2 rings (SSSR count). The first kappa shape index (κ1) is 12.7. The fourth-order valence-corrected chi connectivity index (χ4v) is 2.32. The third-order valence-corrected chi connectivity index (χ3v) is 3.64. The molecule has 0 saturated heterocycles. The second-order valence-corrected chi connectivity index (χ2v) is 4.91. The summed E-state index contributed by atoms with van der Waals surface area (Å²) < 4.78 is 0. The lowest BCUT2D eigenvalue weighted by Gasteiger charge is -2.37. The number of anilines is 1. The zero-order valence-corrected chi connectivity index (χ0v) is 10.9. The van der Waals surface area contributed by atoms with Gasteiger partial charge in [-0.2, -0.15) is 0 Å². The zero-order chi connectivity index (χ0) is 13.1. The molecule has 0 spiro atoms. The summed E-state index contributed by atoms with van der Waals surface area (Å²) in [4.78, 5) is 12.8. The molecule has 1 aliphatic rings. The largest absolute Gasteiger partial charge is 0.478 e. The lowest BCUT2D eigenvalue weighted by atomic mass is 9.91. The summed E-state index contributed by atoms with van der Waals surface area (Å²) >= 11 is 0. The standard InChI is InChI=1S/C15H19NO2/c1-11-10-12(7-9-15(17)18)6-8-14(11)16(2)13-4-3-5-13/h6-10,13H,3-5H2,1-2H3,(H,17,18)/b9-7+. The van der Waals surface area contributed by atoms with E-state index in [1.807, 2.05) is 12.1 Å². The Morgan fingerprint density at radius 3 is 2.67 bits per heavy atom. The van der Waals surface area contributed by atoms with Gasteiger partial charge in [-0.1, -0.05) is 6.07 Å². The number of benzene rings is 1. The van der Waals surface area contributed by atoms with Crippen LogP contribution in [0.4, 0.5) is 5.69 Å². The summed E-state index contributed by atoms with van der Waals surface area (Å²) in [5.41, 5.74) is 3.37. The molecule has 1 aliphatic carbocycles. The van der Waals surface area contributed by atoms with Gasteiger partial charge in [-0.3, -0.25) is 0 Å². The van der Waals surface area contributed by atoms with Crippen molar-refractivity contribution >= 4 is 17.7 Å². The fourth-order valence-electron chi connectivity index (χ4n) is 2.32. The van der Waals surface area contributed by atoms with Crippen molar-refractivity contribution in [2.45, 2.75) is 32.2 Å². The molecule has 1 fully saturated rings. The van der Waals surface area contributed by atoms with E-state index in [0.29, 0.717) is 6.04 Å². The van der Waals surface area contributed by atoms with Crippen LogP contribution in [0, 0.1) is 6.92 Å². The van der Waals surface area contributed by atoms with Crippen molar-refractivity contribution in [1.82, 2.24) is 0 Å². The molecule has 0 amide bonds. The second-order valence-electron chi connectivity index (χ2n) is 4.91. The van der Waals surface area contributed by atoms with Crippen LogP contribution in [0.25, 0.3) is 6.08 Å². The zero-order valence-electron chi connectivity index (χ0n) is 10.9. The van der Waals surface area contributed by atoms with Gasteiger partial charge < -0.3 is 10.0 Å². The number of aliphatic carboxylic acids is 1. The quantitative estimate of drug-likeness (QED) is 0.829. The molecule has 0 atom stereocenters. The van der Waals surface area contributed by atoms with E-state index in [0.717, 1.165) is 5.56 Å². The third kappa shape index (κ3) is 2.73. The van der Waals surface area contributed by atoms with Crippen LogP contribution in [-0.2, 0) is 4.79 Å². The van der Waals surface area contributed by atoms with E-state index in [-0.39, 0.29) is 0 Å². The van der Waals surface area contributed by atoms with Gasteiger partial charge >= 0.3 is 5.97 Å². The highest BCUT2D eigenvalue weighted by Crippen LogP contribution is 2.30. The molecule has 1 aromatic carbocycles. The second kappa shape index (κ2) is 5.25. The summed E-state index contributed by atoms with van der Waals surface area (Å²) in [5.74, 6) is -0.914. The molecular formula is C15H19NO2. The van der Waals surface area contributed by atoms with Crippen LogP contribution in [0.5, 0.6) is 0 Å². The Balaban J connectivity index is 2.16. The number of carboxylic acid groups (broad SMARTS) is 1. The van der Waals surface area contributed by atoms with E-state index in [1.165, 1.54) is 36.6 Å². The molecule has 1 saturated carbocycles. The first-order chi connectivity index (χ1) is 8.58. The molecule has 96 valence electrons. The molecule has 3 nitrogen and oxygen atoms in total. The van der Waals surface area contributed by atoms with Crippen LogP contribution < -0.4 is 4.90 Å². The molecule has 0 unspecified atom stereocenters. The number of hydrogen-bond donors (Lipinski definition) is 1. The highest BCUT2D eigenvalue weighted by atomic mass is 16.4. The highest BCUT2D eigenvalue weighted by molar-refractivity contribution is 5.85. The minimum absolute atomic E-state index is 0.670. The maximum atomic E-state index is 10.5. The highest BCUT2D eigenvalue weighted by Gasteiger charge is 2.22. The molecule has 1 aromatic rings. The number of hydrogen-bond acceptors (Lipinski definition) is 2. The van der Waals surface area contributed by atoms with Gasteiger partial charge in [-0.25, -0.2) is 4.79 Å². The Morgan fingerprint density at radius 1 is 1.44 bits per heavy atom. The van der Waals surface area contributed by atoms with Gasteiger partial charge in [0.2, 0.25) is 0 Å². The number of rotatable bonds is 4. The number of carbonyl (C=O) groups is 1. The molecule has 0 aliphatic heterocycles. The van der Waals surface area contributed by atoms with Gasteiger partial charge in [0.15, 0.2) is 0 Å². The van der Waals surface area contributed by atoms with Gasteiger partial charge in [-0.15, -0.1) is 0 Å². The Morgan fingerprint density at radius 2 is 2.17 bits per heavy atom. The maximum Gasteiger partial charge on any atom is 0.328 e. The maximum absolute atomic E-state index is 10.5. The topological polar surface area (TPSA) is 40.5 Å². The molecule has 18 heavy (non-hydrogen) atoms. The van der Waals surface area contributed by atoms with E-state index in [9.17, 15) is 4.79 Å². The number of aryl methyl sites for hydroxylation is 1. The molecule has 0 bridgehead atoms. The molecule has 3 heteroatoms. The van der Waals surface area contributed by atoms with Gasteiger partial charge in [-0.05, 0) is 55.5 Å². The van der Waals surface area contributed by atoms with E-state index < -0.39 is 5.97 Å². The molecular weight excluding hydrogens is 226 g/mol. The summed E-state index contributed by atoms with van der Waals surface area (Å²) in [6.07, 6.45) is 6.67. The fraction of sp³-hybridized carbons (Fsp3) is 0.400. The predicted molar refractivity (Wildman–Crippen MR) is 73.9 cm³/mol. The average Bonchev–Trinajstić information content (AvgIpc) is 2.23. The minimum Gasteiger partial charge on any atom is -0.478 e. The van der Waals surface area contributed by atoms with Crippen LogP contribution in [0.15, 0.2) is 24.3 Å². The van der Waals surface area contributed by atoms with Crippen LogP contribution in [-0.4, -0.2) is 24.2 Å². The van der Waals surface area contributed by atoms with E-state index >= 15 is 0 Å². The van der Waals surface area contributed by atoms with Gasteiger partial charge in [0.25, 0.3) is 0 Å². The summed E-state index contributed by atoms with van der Waals surface area (Å²) in [6.45, 7) is 2.07. The summed E-state index contributed by atoms with van der Waals surface area (Å²) in [5, 5.41) is 8.60. The van der Waals surface area contributed by atoms with Crippen LogP contribution in [0.1, 0.15) is 30.4 Å². The Hall–Kier alpha value is -1.77. The molecule has 0 heterocycles. The minimum atomic E-state index is -0.914. The summed E-state index contributed by atoms with van der Waals surface area (Å²) in [6, 6.07) is 6.75. The Labute approximate surface area is 108 Å². The van der Waals surface area contributed by atoms with Crippen LogP contribution >= 0.6 is 0 Å². The van der Waals surface area contributed by atoms with Gasteiger partial charge in [0.05, 0.1) is 0 Å². The van der Waals surface area contributed by atoms with Crippen molar-refractivity contribution in [2.75, 3.05) is 11.9 Å². The van der Waals surface area contributed by atoms with Crippen molar-refractivity contribution in [1.29, 1.82) is 0 Å². The van der Waals surface area contributed by atoms with Crippen molar-refractivity contribution in [3.8, 4) is 0 Å². The van der Waals surface area contributed by atoms with E-state index in [2.05, 4.69) is 24.9 Å². The van der Waals surface area contributed by atoms with Crippen molar-refractivity contribution < 1.29 is 9.90 Å². The van der Waals surface area contributed by atoms with Crippen molar-refractivity contribution in [2.24, 2.45) is 0 Å². The first-order valence-corrected chi connectivity index (χ1v) is 6.32. The van der Waals surface area contributed by atoms with Crippen molar-refractivity contribution in [3.63, 3.8) is 0 Å².